The molecule has 0 aliphatic carbocycles. The van der Waals surface area contributed by atoms with Crippen molar-refractivity contribution in [3.8, 4) is 0 Å². The maximum atomic E-state index is 11.7. The zero-order valence-electron chi connectivity index (χ0n) is 12.1. The fraction of sp³-hybridized carbons (Fsp3) is 0.846. The number of nitrogens with two attached hydrogens (primary N) is 1. The normalized spacial score (nSPS) is 15.9. The summed E-state index contributed by atoms with van der Waals surface area (Å²) in [5.41, 5.74) is 5.40. The van der Waals surface area contributed by atoms with Crippen molar-refractivity contribution in [1.82, 2.24) is 4.90 Å². The van der Waals surface area contributed by atoms with E-state index in [4.69, 9.17) is 10.5 Å². The maximum absolute atomic E-state index is 11.7. The first-order valence-electron chi connectivity index (χ1n) is 6.36. The van der Waals surface area contributed by atoms with E-state index in [1.54, 1.807) is 19.1 Å². The van der Waals surface area contributed by atoms with Gasteiger partial charge < -0.3 is 15.4 Å². The SMILES string of the molecule is CCC(C)C(C(CC(C)=O)OC)N(C)C(=O)CN. The predicted octanol–water partition coefficient (Wildman–Crippen LogP) is 0.812. The molecule has 106 valence electrons. The number of carbonyl (C=O) groups excluding carboxylic acids is 2. The molecule has 0 radical (unpaired) electrons. The Balaban J connectivity index is 5.05. The van der Waals surface area contributed by atoms with Crippen LogP contribution in [0.1, 0.15) is 33.6 Å². The summed E-state index contributed by atoms with van der Waals surface area (Å²) in [7, 11) is 3.29. The summed E-state index contributed by atoms with van der Waals surface area (Å²) in [6.07, 6.45) is 0.941. The van der Waals surface area contributed by atoms with Crippen molar-refractivity contribution in [3.05, 3.63) is 0 Å². The highest BCUT2D eigenvalue weighted by molar-refractivity contribution is 5.79. The van der Waals surface area contributed by atoms with Gasteiger partial charge in [-0.15, -0.1) is 0 Å². The number of likely N-dealkylation sites (N-methyl/N-ethyl adjacent to an activating group) is 1. The molecule has 0 bridgehead atoms. The zero-order chi connectivity index (χ0) is 14.3. The molecule has 0 saturated heterocycles. The zero-order valence-corrected chi connectivity index (χ0v) is 12.1. The van der Waals surface area contributed by atoms with E-state index < -0.39 is 0 Å². The second-order valence-corrected chi connectivity index (χ2v) is 4.77. The van der Waals surface area contributed by atoms with E-state index in [0.29, 0.717) is 6.42 Å². The average Bonchev–Trinajstić information content (AvgIpc) is 2.35. The number of hydrogen-bond donors (Lipinski definition) is 1. The van der Waals surface area contributed by atoms with E-state index in [1.165, 1.54) is 6.92 Å². The van der Waals surface area contributed by atoms with Crippen LogP contribution in [0.5, 0.6) is 0 Å². The molecular formula is C13H26N2O3. The lowest BCUT2D eigenvalue weighted by Gasteiger charge is -2.37. The number of carbonyl (C=O) groups is 2. The summed E-state index contributed by atoms with van der Waals surface area (Å²) in [5, 5.41) is 0. The summed E-state index contributed by atoms with van der Waals surface area (Å²) in [6, 6.07) is -0.125. The first kappa shape index (κ1) is 17.1. The van der Waals surface area contributed by atoms with E-state index in [1.807, 2.05) is 0 Å². The van der Waals surface area contributed by atoms with Crippen molar-refractivity contribution < 1.29 is 14.3 Å². The Bertz CT molecular complexity index is 281. The number of nitrogens with zero attached hydrogens (tertiary/aromatic N) is 1. The minimum Gasteiger partial charge on any atom is -0.379 e. The lowest BCUT2D eigenvalue weighted by molar-refractivity contribution is -0.137. The van der Waals surface area contributed by atoms with Gasteiger partial charge in [0.1, 0.15) is 5.78 Å². The molecular weight excluding hydrogens is 232 g/mol. The number of ketones is 1. The molecule has 0 rings (SSSR count). The molecule has 3 atom stereocenters. The molecule has 0 aliphatic rings. The smallest absolute Gasteiger partial charge is 0.236 e. The van der Waals surface area contributed by atoms with Gasteiger partial charge in [-0.1, -0.05) is 20.3 Å². The first-order valence-corrected chi connectivity index (χ1v) is 6.36. The Hall–Kier alpha value is -0.940. The number of ether oxygens (including phenoxy) is 1. The van der Waals surface area contributed by atoms with Crippen LogP contribution in [-0.2, 0) is 14.3 Å². The second kappa shape index (κ2) is 8.21. The van der Waals surface area contributed by atoms with Gasteiger partial charge in [-0.3, -0.25) is 9.59 Å². The molecule has 18 heavy (non-hydrogen) atoms. The third-order valence-corrected chi connectivity index (χ3v) is 3.41. The summed E-state index contributed by atoms with van der Waals surface area (Å²) >= 11 is 0. The summed E-state index contributed by atoms with van der Waals surface area (Å²) in [5.74, 6) is 0.171. The minimum absolute atomic E-state index is 0.0278. The monoisotopic (exact) mass is 258 g/mol. The molecule has 0 spiro atoms. The Labute approximate surface area is 110 Å². The van der Waals surface area contributed by atoms with Crippen LogP contribution < -0.4 is 5.73 Å². The number of amides is 1. The number of Topliss-reactive ketones (excluding diaryl/α,β-unsaturated/α-hetero) is 1. The van der Waals surface area contributed by atoms with Crippen LogP contribution in [0.15, 0.2) is 0 Å². The minimum atomic E-state index is -0.280. The van der Waals surface area contributed by atoms with Gasteiger partial charge in [-0.25, -0.2) is 0 Å². The predicted molar refractivity (Wildman–Crippen MR) is 71.2 cm³/mol. The third kappa shape index (κ3) is 4.74. The van der Waals surface area contributed by atoms with E-state index in [9.17, 15) is 9.59 Å². The number of rotatable bonds is 8. The molecule has 3 unspecified atom stereocenters. The molecule has 0 fully saturated rings. The average molecular weight is 258 g/mol. The number of methoxy groups -OCH3 is 1. The molecule has 0 aromatic carbocycles. The van der Waals surface area contributed by atoms with Crippen LogP contribution in [0.25, 0.3) is 0 Å². The molecule has 0 aromatic rings. The fourth-order valence-corrected chi connectivity index (χ4v) is 2.18. The van der Waals surface area contributed by atoms with Gasteiger partial charge >= 0.3 is 0 Å². The molecule has 0 aliphatic heterocycles. The van der Waals surface area contributed by atoms with Gasteiger partial charge in [-0.2, -0.15) is 0 Å². The van der Waals surface area contributed by atoms with Gasteiger partial charge in [0.2, 0.25) is 5.91 Å². The molecule has 1 amide bonds. The van der Waals surface area contributed by atoms with Crippen molar-refractivity contribution in [3.63, 3.8) is 0 Å². The van der Waals surface area contributed by atoms with E-state index >= 15 is 0 Å². The van der Waals surface area contributed by atoms with Gasteiger partial charge in [0, 0.05) is 20.6 Å². The van der Waals surface area contributed by atoms with Gasteiger partial charge in [0.25, 0.3) is 0 Å². The van der Waals surface area contributed by atoms with Crippen molar-refractivity contribution >= 4 is 11.7 Å². The Kier molecular flexibility index (Phi) is 7.78. The Morgan fingerprint density at radius 3 is 2.28 bits per heavy atom. The van der Waals surface area contributed by atoms with Crippen LogP contribution in [0.2, 0.25) is 0 Å². The lowest BCUT2D eigenvalue weighted by atomic mass is 9.90. The van der Waals surface area contributed by atoms with E-state index in [0.717, 1.165) is 6.42 Å². The largest absolute Gasteiger partial charge is 0.379 e. The highest BCUT2D eigenvalue weighted by Crippen LogP contribution is 2.21. The molecule has 5 heteroatoms. The third-order valence-electron chi connectivity index (χ3n) is 3.41. The molecule has 2 N–H and O–H groups in total. The van der Waals surface area contributed by atoms with E-state index in [-0.39, 0.29) is 36.3 Å². The number of hydrogen-bond acceptors (Lipinski definition) is 4. The van der Waals surface area contributed by atoms with Crippen LogP contribution in [-0.4, -0.2) is 49.4 Å². The fourth-order valence-electron chi connectivity index (χ4n) is 2.18. The van der Waals surface area contributed by atoms with Gasteiger partial charge in [0.05, 0.1) is 18.7 Å². The summed E-state index contributed by atoms with van der Waals surface area (Å²) in [6.45, 7) is 5.61. The van der Waals surface area contributed by atoms with Crippen LogP contribution in [0.3, 0.4) is 0 Å². The van der Waals surface area contributed by atoms with E-state index in [2.05, 4.69) is 13.8 Å². The van der Waals surface area contributed by atoms with Crippen molar-refractivity contribution in [2.75, 3.05) is 20.7 Å². The molecule has 0 heterocycles. The highest BCUT2D eigenvalue weighted by Gasteiger charge is 2.32. The summed E-state index contributed by atoms with van der Waals surface area (Å²) < 4.78 is 5.41. The van der Waals surface area contributed by atoms with Crippen LogP contribution >= 0.6 is 0 Å². The summed E-state index contributed by atoms with van der Waals surface area (Å²) in [4.78, 5) is 24.6. The van der Waals surface area contributed by atoms with Gasteiger partial charge in [-0.05, 0) is 12.8 Å². The Morgan fingerprint density at radius 2 is 1.94 bits per heavy atom. The highest BCUT2D eigenvalue weighted by atomic mass is 16.5. The second-order valence-electron chi connectivity index (χ2n) is 4.77. The van der Waals surface area contributed by atoms with Crippen LogP contribution in [0, 0.1) is 5.92 Å². The van der Waals surface area contributed by atoms with Crippen molar-refractivity contribution in [1.29, 1.82) is 0 Å². The van der Waals surface area contributed by atoms with Crippen molar-refractivity contribution in [2.24, 2.45) is 11.7 Å². The lowest BCUT2D eigenvalue weighted by Crippen LogP contribution is -2.51. The van der Waals surface area contributed by atoms with Crippen molar-refractivity contribution in [2.45, 2.75) is 45.8 Å². The quantitative estimate of drug-likeness (QED) is 0.699. The molecule has 0 saturated carbocycles. The maximum Gasteiger partial charge on any atom is 0.236 e. The van der Waals surface area contributed by atoms with Crippen LogP contribution in [0.4, 0.5) is 0 Å². The standard InChI is InChI=1S/C13H26N2O3/c1-6-9(2)13(15(4)12(17)8-14)11(18-5)7-10(3)16/h9,11,13H,6-8,14H2,1-5H3. The topological polar surface area (TPSA) is 72.6 Å². The van der Waals surface area contributed by atoms with Gasteiger partial charge in [0.15, 0.2) is 0 Å². The molecule has 0 aromatic heterocycles. The first-order chi connectivity index (χ1) is 8.38. The Morgan fingerprint density at radius 1 is 1.39 bits per heavy atom. The molecule has 5 nitrogen and oxygen atoms in total.